The topological polar surface area (TPSA) is 38.3 Å². The predicted octanol–water partition coefficient (Wildman–Crippen LogP) is 2.54. The lowest BCUT2D eigenvalue weighted by Crippen LogP contribution is -2.24. The van der Waals surface area contributed by atoms with Gasteiger partial charge in [0.1, 0.15) is 5.75 Å². The van der Waals surface area contributed by atoms with E-state index in [4.69, 9.17) is 4.74 Å². The number of carbonyl (C=O) groups is 1. The van der Waals surface area contributed by atoms with Crippen molar-refractivity contribution >= 4 is 18.5 Å². The lowest BCUT2D eigenvalue weighted by atomic mass is 9.85. The monoisotopic (exact) mass is 267 g/mol. The summed E-state index contributed by atoms with van der Waals surface area (Å²) in [5, 5.41) is 2.81. The van der Waals surface area contributed by atoms with E-state index in [0.717, 1.165) is 16.9 Å². The molecule has 0 saturated heterocycles. The van der Waals surface area contributed by atoms with Crippen molar-refractivity contribution in [1.82, 2.24) is 5.32 Å². The molecular formula is C14H21NO2S. The number of carbonyl (C=O) groups excluding carboxylic acids is 1. The molecule has 0 aliphatic carbocycles. The van der Waals surface area contributed by atoms with Gasteiger partial charge in [-0.15, -0.1) is 0 Å². The zero-order valence-corrected chi connectivity index (χ0v) is 12.3. The number of thiol groups is 1. The van der Waals surface area contributed by atoms with Gasteiger partial charge in [0.25, 0.3) is 0 Å². The summed E-state index contributed by atoms with van der Waals surface area (Å²) >= 11 is 3.93. The first kappa shape index (κ1) is 14.9. The van der Waals surface area contributed by atoms with Gasteiger partial charge in [-0.2, -0.15) is 12.6 Å². The number of benzene rings is 1. The SMILES string of the molecule is COc1ccc(CNC(=O)CS)cc1C(C)(C)C. The fourth-order valence-corrected chi connectivity index (χ4v) is 1.82. The van der Waals surface area contributed by atoms with E-state index in [1.54, 1.807) is 7.11 Å². The number of ether oxygens (including phenoxy) is 1. The molecule has 0 radical (unpaired) electrons. The zero-order valence-electron chi connectivity index (χ0n) is 11.4. The van der Waals surface area contributed by atoms with Gasteiger partial charge in [0.05, 0.1) is 12.9 Å². The molecule has 1 amide bonds. The smallest absolute Gasteiger partial charge is 0.229 e. The van der Waals surface area contributed by atoms with Gasteiger partial charge in [-0.25, -0.2) is 0 Å². The molecule has 100 valence electrons. The van der Waals surface area contributed by atoms with Gasteiger partial charge in [-0.1, -0.05) is 26.8 Å². The summed E-state index contributed by atoms with van der Waals surface area (Å²) in [4.78, 5) is 11.2. The zero-order chi connectivity index (χ0) is 13.8. The molecule has 0 spiro atoms. The van der Waals surface area contributed by atoms with Gasteiger partial charge in [0, 0.05) is 6.54 Å². The largest absolute Gasteiger partial charge is 0.496 e. The van der Waals surface area contributed by atoms with Crippen LogP contribution in [0.25, 0.3) is 0 Å². The maximum Gasteiger partial charge on any atom is 0.229 e. The summed E-state index contributed by atoms with van der Waals surface area (Å²) in [5.41, 5.74) is 2.22. The van der Waals surface area contributed by atoms with E-state index in [9.17, 15) is 4.79 Å². The summed E-state index contributed by atoms with van der Waals surface area (Å²) in [5.74, 6) is 1.03. The Balaban J connectivity index is 2.93. The molecule has 18 heavy (non-hydrogen) atoms. The molecule has 0 aliphatic heterocycles. The fraction of sp³-hybridized carbons (Fsp3) is 0.500. The molecular weight excluding hydrogens is 246 g/mol. The molecule has 0 fully saturated rings. The van der Waals surface area contributed by atoms with Crippen molar-refractivity contribution in [2.45, 2.75) is 32.7 Å². The van der Waals surface area contributed by atoms with E-state index in [1.165, 1.54) is 0 Å². The van der Waals surface area contributed by atoms with Crippen LogP contribution in [0.4, 0.5) is 0 Å². The molecule has 1 aromatic carbocycles. The average Bonchev–Trinajstić information content (AvgIpc) is 2.34. The second kappa shape index (κ2) is 6.14. The molecule has 0 unspecified atom stereocenters. The van der Waals surface area contributed by atoms with E-state index in [0.29, 0.717) is 6.54 Å². The Bertz CT molecular complexity index is 424. The Kier molecular flexibility index (Phi) is 5.08. The molecule has 1 rings (SSSR count). The third kappa shape index (κ3) is 3.95. The number of methoxy groups -OCH3 is 1. The average molecular weight is 267 g/mol. The number of hydrogen-bond donors (Lipinski definition) is 2. The maximum atomic E-state index is 11.2. The first-order valence-electron chi connectivity index (χ1n) is 5.93. The number of nitrogens with one attached hydrogen (secondary N) is 1. The maximum absolute atomic E-state index is 11.2. The first-order valence-corrected chi connectivity index (χ1v) is 6.56. The van der Waals surface area contributed by atoms with Crippen LogP contribution >= 0.6 is 12.6 Å². The first-order chi connectivity index (χ1) is 8.38. The molecule has 3 nitrogen and oxygen atoms in total. The van der Waals surface area contributed by atoms with Gasteiger partial charge < -0.3 is 10.1 Å². The van der Waals surface area contributed by atoms with Crippen molar-refractivity contribution < 1.29 is 9.53 Å². The van der Waals surface area contributed by atoms with Crippen molar-refractivity contribution in [2.75, 3.05) is 12.9 Å². The van der Waals surface area contributed by atoms with Crippen molar-refractivity contribution in [3.63, 3.8) is 0 Å². The number of hydrogen-bond acceptors (Lipinski definition) is 3. The molecule has 1 N–H and O–H groups in total. The lowest BCUT2D eigenvalue weighted by Gasteiger charge is -2.23. The van der Waals surface area contributed by atoms with E-state index in [2.05, 4.69) is 44.8 Å². The Morgan fingerprint density at radius 3 is 2.56 bits per heavy atom. The lowest BCUT2D eigenvalue weighted by molar-refractivity contribution is -0.118. The molecule has 0 saturated carbocycles. The van der Waals surface area contributed by atoms with Gasteiger partial charge in [-0.05, 0) is 28.7 Å². The van der Waals surface area contributed by atoms with Crippen LogP contribution in [0.15, 0.2) is 18.2 Å². The Morgan fingerprint density at radius 2 is 2.06 bits per heavy atom. The van der Waals surface area contributed by atoms with Crippen LogP contribution in [-0.2, 0) is 16.8 Å². The van der Waals surface area contributed by atoms with Crippen molar-refractivity contribution in [2.24, 2.45) is 0 Å². The quantitative estimate of drug-likeness (QED) is 0.823. The number of amides is 1. The molecule has 0 atom stereocenters. The van der Waals surface area contributed by atoms with E-state index in [-0.39, 0.29) is 17.1 Å². The normalized spacial score (nSPS) is 11.2. The summed E-state index contributed by atoms with van der Waals surface area (Å²) in [7, 11) is 1.67. The summed E-state index contributed by atoms with van der Waals surface area (Å²) in [6, 6.07) is 5.99. The second-order valence-corrected chi connectivity index (χ2v) is 5.54. The minimum Gasteiger partial charge on any atom is -0.496 e. The van der Waals surface area contributed by atoms with E-state index in [1.807, 2.05) is 12.1 Å². The Hall–Kier alpha value is -1.16. The van der Waals surface area contributed by atoms with Gasteiger partial charge in [0.15, 0.2) is 0 Å². The molecule has 4 heteroatoms. The minimum atomic E-state index is -0.0635. The highest BCUT2D eigenvalue weighted by Crippen LogP contribution is 2.31. The minimum absolute atomic E-state index is 0.00884. The van der Waals surface area contributed by atoms with Crippen LogP contribution in [0.5, 0.6) is 5.75 Å². The van der Waals surface area contributed by atoms with Gasteiger partial charge in [-0.3, -0.25) is 4.79 Å². The van der Waals surface area contributed by atoms with Crippen LogP contribution in [0.2, 0.25) is 0 Å². The number of rotatable bonds is 4. The van der Waals surface area contributed by atoms with Gasteiger partial charge >= 0.3 is 0 Å². The van der Waals surface area contributed by atoms with Crippen LogP contribution in [0, 0.1) is 0 Å². The highest BCUT2D eigenvalue weighted by molar-refractivity contribution is 7.81. The third-order valence-corrected chi connectivity index (χ3v) is 2.99. The predicted molar refractivity (Wildman–Crippen MR) is 77.4 cm³/mol. The Morgan fingerprint density at radius 1 is 1.39 bits per heavy atom. The Labute approximate surface area is 114 Å². The van der Waals surface area contributed by atoms with Crippen molar-refractivity contribution in [3.8, 4) is 5.75 Å². The van der Waals surface area contributed by atoms with E-state index < -0.39 is 0 Å². The van der Waals surface area contributed by atoms with E-state index >= 15 is 0 Å². The van der Waals surface area contributed by atoms with Crippen molar-refractivity contribution in [3.05, 3.63) is 29.3 Å². The molecule has 0 aliphatic rings. The standard InChI is InChI=1S/C14H21NO2S/c1-14(2,3)11-7-10(5-6-12(11)17-4)8-15-13(16)9-18/h5-7,18H,8-9H2,1-4H3,(H,15,16). The summed E-state index contributed by atoms with van der Waals surface area (Å²) in [6.07, 6.45) is 0. The van der Waals surface area contributed by atoms with Crippen LogP contribution in [-0.4, -0.2) is 18.8 Å². The third-order valence-electron chi connectivity index (χ3n) is 2.71. The van der Waals surface area contributed by atoms with Crippen LogP contribution in [0.1, 0.15) is 31.9 Å². The summed E-state index contributed by atoms with van der Waals surface area (Å²) < 4.78 is 5.37. The van der Waals surface area contributed by atoms with Crippen molar-refractivity contribution in [1.29, 1.82) is 0 Å². The molecule has 0 heterocycles. The second-order valence-electron chi connectivity index (χ2n) is 5.22. The highest BCUT2D eigenvalue weighted by Gasteiger charge is 2.19. The van der Waals surface area contributed by atoms with Crippen LogP contribution in [0.3, 0.4) is 0 Å². The summed E-state index contributed by atoms with van der Waals surface area (Å²) in [6.45, 7) is 6.94. The highest BCUT2D eigenvalue weighted by atomic mass is 32.1. The van der Waals surface area contributed by atoms with Gasteiger partial charge in [0.2, 0.25) is 5.91 Å². The molecule has 1 aromatic rings. The molecule has 0 aromatic heterocycles. The van der Waals surface area contributed by atoms with Crippen LogP contribution < -0.4 is 10.1 Å². The molecule has 0 bridgehead atoms. The fourth-order valence-electron chi connectivity index (χ4n) is 1.71.